The number of hydrogen-bond acceptors (Lipinski definition) is 7. The average molecular weight is 486 g/mol. The Morgan fingerprint density at radius 3 is 2.59 bits per heavy atom. The van der Waals surface area contributed by atoms with Crippen molar-refractivity contribution >= 4 is 41.2 Å². The van der Waals surface area contributed by atoms with E-state index in [0.717, 1.165) is 23.2 Å². The van der Waals surface area contributed by atoms with Gasteiger partial charge in [-0.25, -0.2) is 4.79 Å². The number of Topliss-reactive ketones (excluding diaryl/α,β-unsaturated/α-hetero) is 1. The van der Waals surface area contributed by atoms with Crippen LogP contribution in [0.15, 0.2) is 51.8 Å². The Morgan fingerprint density at radius 1 is 1.15 bits per heavy atom. The maximum absolute atomic E-state index is 13.5. The standard InChI is InChI=1S/C22H23N7O4.ClH/c1-26-19-18(20(32)29(22(26)33)11-16(30)13-5-3-2-4-6-13)28(12-17(23)31)21(25-19)27-8-7-14-9-24-10-15(14)27;/h2-6,10,14,24H,7-9,11-12H2,1H3,(H2,23,31);1H. The highest BCUT2D eigenvalue weighted by molar-refractivity contribution is 5.96. The van der Waals surface area contributed by atoms with Gasteiger partial charge in [-0.15, -0.1) is 12.4 Å². The molecule has 1 fully saturated rings. The van der Waals surface area contributed by atoms with E-state index in [-0.39, 0.29) is 35.9 Å². The number of anilines is 1. The molecule has 4 heterocycles. The second kappa shape index (κ2) is 8.82. The zero-order valence-electron chi connectivity index (χ0n) is 18.4. The Labute approximate surface area is 199 Å². The largest absolute Gasteiger partial charge is 0.389 e. The lowest BCUT2D eigenvalue weighted by molar-refractivity contribution is -0.118. The first kappa shape index (κ1) is 23.3. The summed E-state index contributed by atoms with van der Waals surface area (Å²) >= 11 is 0. The summed E-state index contributed by atoms with van der Waals surface area (Å²) in [6.45, 7) is 0.765. The van der Waals surface area contributed by atoms with Crippen LogP contribution in [0.2, 0.25) is 0 Å². The van der Waals surface area contributed by atoms with E-state index in [1.165, 1.54) is 16.2 Å². The number of imidazole rings is 1. The van der Waals surface area contributed by atoms with Gasteiger partial charge in [0.05, 0.1) is 6.54 Å². The molecule has 178 valence electrons. The molecule has 5 rings (SSSR count). The van der Waals surface area contributed by atoms with Crippen molar-refractivity contribution in [1.29, 1.82) is 0 Å². The van der Waals surface area contributed by atoms with Crippen molar-refractivity contribution in [3.8, 4) is 0 Å². The molecule has 1 amide bonds. The third kappa shape index (κ3) is 3.67. The number of halogens is 1. The van der Waals surface area contributed by atoms with Crippen LogP contribution in [0.5, 0.6) is 0 Å². The summed E-state index contributed by atoms with van der Waals surface area (Å²) < 4.78 is 3.55. The fraction of sp³-hybridized carbons (Fsp3) is 0.318. The molecule has 0 spiro atoms. The maximum Gasteiger partial charge on any atom is 0.332 e. The minimum absolute atomic E-state index is 0. The SMILES string of the molecule is Cl.Cn1c(=O)n(CC(=O)c2ccccc2)c(=O)c2c1nc(N1CCC3CNC=C31)n2CC(N)=O. The smallest absolute Gasteiger partial charge is 0.332 e. The third-order valence-electron chi connectivity index (χ3n) is 6.21. The van der Waals surface area contributed by atoms with Crippen LogP contribution in [0.3, 0.4) is 0 Å². The number of nitrogens with zero attached hydrogens (tertiary/aromatic N) is 5. The summed E-state index contributed by atoms with van der Waals surface area (Å²) in [6, 6.07) is 8.44. The van der Waals surface area contributed by atoms with E-state index >= 15 is 0 Å². The number of aryl methyl sites for hydroxylation is 1. The van der Waals surface area contributed by atoms with Crippen molar-refractivity contribution in [2.45, 2.75) is 19.5 Å². The Hall–Kier alpha value is -3.86. The number of rotatable bonds is 6. The quantitative estimate of drug-likeness (QED) is 0.467. The minimum atomic E-state index is -0.688. The first-order valence-electron chi connectivity index (χ1n) is 10.6. The number of aromatic nitrogens is 4. The normalized spacial score (nSPS) is 16.7. The molecular weight excluding hydrogens is 462 g/mol. The van der Waals surface area contributed by atoms with Gasteiger partial charge in [0.15, 0.2) is 16.9 Å². The molecule has 2 aliphatic rings. The van der Waals surface area contributed by atoms with Crippen molar-refractivity contribution in [2.24, 2.45) is 18.7 Å². The van der Waals surface area contributed by atoms with Crippen molar-refractivity contribution in [1.82, 2.24) is 24.0 Å². The molecule has 2 aromatic heterocycles. The molecule has 3 aromatic rings. The van der Waals surface area contributed by atoms with Gasteiger partial charge in [-0.3, -0.25) is 28.1 Å². The third-order valence-corrected chi connectivity index (χ3v) is 6.21. The van der Waals surface area contributed by atoms with E-state index in [2.05, 4.69) is 10.3 Å². The van der Waals surface area contributed by atoms with Crippen molar-refractivity contribution in [3.63, 3.8) is 0 Å². The summed E-state index contributed by atoms with van der Waals surface area (Å²) in [5, 5.41) is 3.21. The first-order chi connectivity index (χ1) is 15.9. The number of carbonyl (C=O) groups is 2. The Balaban J connectivity index is 0.00000274. The van der Waals surface area contributed by atoms with Crippen molar-refractivity contribution in [2.75, 3.05) is 18.0 Å². The number of carbonyl (C=O) groups excluding carboxylic acids is 2. The lowest BCUT2D eigenvalue weighted by atomic mass is 10.1. The minimum Gasteiger partial charge on any atom is -0.389 e. The summed E-state index contributed by atoms with van der Waals surface area (Å²) in [4.78, 5) is 57.7. The molecule has 0 aliphatic carbocycles. The van der Waals surface area contributed by atoms with Crippen LogP contribution in [0.1, 0.15) is 16.8 Å². The number of hydrogen-bond donors (Lipinski definition) is 2. The molecule has 11 nitrogen and oxygen atoms in total. The molecule has 3 N–H and O–H groups in total. The lowest BCUT2D eigenvalue weighted by Gasteiger charge is -2.19. The second-order valence-electron chi connectivity index (χ2n) is 8.27. The number of benzene rings is 1. The molecule has 34 heavy (non-hydrogen) atoms. The number of primary amides is 1. The van der Waals surface area contributed by atoms with Gasteiger partial charge in [-0.2, -0.15) is 4.98 Å². The first-order valence-corrected chi connectivity index (χ1v) is 10.6. The fourth-order valence-electron chi connectivity index (χ4n) is 4.58. The zero-order valence-corrected chi connectivity index (χ0v) is 19.2. The van der Waals surface area contributed by atoms with Gasteiger partial charge in [-0.1, -0.05) is 30.3 Å². The number of amides is 1. The number of nitrogens with two attached hydrogens (primary N) is 1. The van der Waals surface area contributed by atoms with Crippen LogP contribution >= 0.6 is 12.4 Å². The van der Waals surface area contributed by atoms with Gasteiger partial charge in [0.25, 0.3) is 5.56 Å². The highest BCUT2D eigenvalue weighted by Crippen LogP contribution is 2.35. The Kier molecular flexibility index (Phi) is 6.05. The summed E-state index contributed by atoms with van der Waals surface area (Å²) in [7, 11) is 1.49. The topological polar surface area (TPSA) is 137 Å². The van der Waals surface area contributed by atoms with Crippen LogP contribution in [-0.2, 0) is 24.9 Å². The molecule has 0 bridgehead atoms. The van der Waals surface area contributed by atoms with Crippen LogP contribution in [0.4, 0.5) is 5.95 Å². The van der Waals surface area contributed by atoms with Gasteiger partial charge >= 0.3 is 5.69 Å². The number of fused-ring (bicyclic) bond motifs is 2. The average Bonchev–Trinajstić information content (AvgIpc) is 3.50. The van der Waals surface area contributed by atoms with Crippen LogP contribution in [0.25, 0.3) is 11.2 Å². The van der Waals surface area contributed by atoms with E-state index in [4.69, 9.17) is 5.73 Å². The molecular formula is C22H24ClN7O4. The van der Waals surface area contributed by atoms with Gasteiger partial charge in [-0.05, 0) is 6.42 Å². The van der Waals surface area contributed by atoms with Crippen molar-refractivity contribution in [3.05, 3.63) is 68.6 Å². The van der Waals surface area contributed by atoms with E-state index in [1.807, 2.05) is 11.1 Å². The van der Waals surface area contributed by atoms with Crippen LogP contribution < -0.4 is 27.2 Å². The van der Waals surface area contributed by atoms with E-state index in [0.29, 0.717) is 24.0 Å². The van der Waals surface area contributed by atoms with Gasteiger partial charge in [0, 0.05) is 43.5 Å². The molecule has 2 aliphatic heterocycles. The molecule has 1 atom stereocenters. The highest BCUT2D eigenvalue weighted by atomic mass is 35.5. The van der Waals surface area contributed by atoms with Gasteiger partial charge in [0.1, 0.15) is 6.54 Å². The second-order valence-corrected chi connectivity index (χ2v) is 8.27. The fourth-order valence-corrected chi connectivity index (χ4v) is 4.58. The highest BCUT2D eigenvalue weighted by Gasteiger charge is 2.35. The van der Waals surface area contributed by atoms with Crippen LogP contribution in [-0.4, -0.2) is 43.5 Å². The molecule has 1 saturated heterocycles. The predicted molar refractivity (Wildman–Crippen MR) is 128 cm³/mol. The Bertz CT molecular complexity index is 1440. The van der Waals surface area contributed by atoms with Crippen molar-refractivity contribution < 1.29 is 9.59 Å². The van der Waals surface area contributed by atoms with E-state index < -0.39 is 23.7 Å². The van der Waals surface area contributed by atoms with E-state index in [1.54, 1.807) is 30.3 Å². The monoisotopic (exact) mass is 485 g/mol. The van der Waals surface area contributed by atoms with Gasteiger partial charge < -0.3 is 16.0 Å². The molecule has 1 unspecified atom stereocenters. The summed E-state index contributed by atoms with van der Waals surface area (Å²) in [6.07, 6.45) is 2.80. The summed E-state index contributed by atoms with van der Waals surface area (Å²) in [5.41, 5.74) is 5.75. The predicted octanol–water partition coefficient (Wildman–Crippen LogP) is -0.0424. The number of ketones is 1. The molecule has 12 heteroatoms. The summed E-state index contributed by atoms with van der Waals surface area (Å²) in [5.74, 6) is -0.332. The number of nitrogens with one attached hydrogen (secondary N) is 1. The molecule has 0 radical (unpaired) electrons. The van der Waals surface area contributed by atoms with Gasteiger partial charge in [0.2, 0.25) is 11.9 Å². The Morgan fingerprint density at radius 2 is 1.88 bits per heavy atom. The van der Waals surface area contributed by atoms with E-state index in [9.17, 15) is 19.2 Å². The maximum atomic E-state index is 13.5. The molecule has 1 aromatic carbocycles. The molecule has 0 saturated carbocycles. The lowest BCUT2D eigenvalue weighted by Crippen LogP contribution is -2.41. The zero-order chi connectivity index (χ0) is 23.3. The van der Waals surface area contributed by atoms with Crippen LogP contribution in [0, 0.1) is 5.92 Å².